The molecule has 2 aromatic rings. The maximum absolute atomic E-state index is 12.3. The number of nitrogens with zero attached hydrogens (tertiary/aromatic N) is 3. The molecule has 0 radical (unpaired) electrons. The van der Waals surface area contributed by atoms with Crippen LogP contribution in [0.3, 0.4) is 0 Å². The zero-order valence-electron chi connectivity index (χ0n) is 17.6. The molecule has 0 aliphatic heterocycles. The van der Waals surface area contributed by atoms with Crippen molar-refractivity contribution in [2.75, 3.05) is 40.3 Å². The van der Waals surface area contributed by atoms with E-state index in [4.69, 9.17) is 0 Å². The fraction of sp³-hybridized carbons (Fsp3) is 0.409. The summed E-state index contributed by atoms with van der Waals surface area (Å²) < 4.78 is 0. The van der Waals surface area contributed by atoms with E-state index in [1.54, 1.807) is 6.20 Å². The third-order valence-electron chi connectivity index (χ3n) is 4.20. The molecule has 156 valence electrons. The minimum atomic E-state index is -0.0573. The lowest BCUT2D eigenvalue weighted by molar-refractivity contribution is 0.0951. The molecular formula is C22H32N6O. The predicted molar refractivity (Wildman–Crippen MR) is 118 cm³/mol. The zero-order valence-corrected chi connectivity index (χ0v) is 17.6. The number of amides is 1. The molecule has 0 aliphatic carbocycles. The quantitative estimate of drug-likeness (QED) is 0.420. The molecule has 0 fully saturated rings. The van der Waals surface area contributed by atoms with E-state index in [-0.39, 0.29) is 5.91 Å². The second kappa shape index (κ2) is 12.5. The van der Waals surface area contributed by atoms with Gasteiger partial charge in [-0.2, -0.15) is 0 Å². The van der Waals surface area contributed by atoms with Crippen LogP contribution in [-0.2, 0) is 13.0 Å². The number of hydrogen-bond acceptors (Lipinski definition) is 4. The Labute approximate surface area is 173 Å². The van der Waals surface area contributed by atoms with E-state index < -0.39 is 0 Å². The topological polar surface area (TPSA) is 81.7 Å². The van der Waals surface area contributed by atoms with E-state index >= 15 is 0 Å². The molecule has 1 aromatic heterocycles. The van der Waals surface area contributed by atoms with Crippen LogP contribution < -0.4 is 16.0 Å². The molecule has 1 amide bonds. The highest BCUT2D eigenvalue weighted by Gasteiger charge is 2.06. The predicted octanol–water partition coefficient (Wildman–Crippen LogP) is 1.67. The third-order valence-corrected chi connectivity index (χ3v) is 4.20. The Balaban J connectivity index is 1.89. The maximum Gasteiger partial charge on any atom is 0.251 e. The van der Waals surface area contributed by atoms with Gasteiger partial charge in [-0.1, -0.05) is 18.2 Å². The van der Waals surface area contributed by atoms with Gasteiger partial charge in [0.1, 0.15) is 0 Å². The van der Waals surface area contributed by atoms with Crippen LogP contribution in [0.4, 0.5) is 0 Å². The van der Waals surface area contributed by atoms with Gasteiger partial charge in [-0.25, -0.2) is 4.99 Å². The van der Waals surface area contributed by atoms with Gasteiger partial charge in [0.05, 0.1) is 6.54 Å². The molecule has 0 aliphatic rings. The van der Waals surface area contributed by atoms with Crippen molar-refractivity contribution in [1.82, 2.24) is 25.8 Å². The van der Waals surface area contributed by atoms with Gasteiger partial charge in [0, 0.05) is 50.1 Å². The Bertz CT molecular complexity index is 776. The summed E-state index contributed by atoms with van der Waals surface area (Å²) >= 11 is 0. The zero-order chi connectivity index (χ0) is 20.9. The van der Waals surface area contributed by atoms with Crippen LogP contribution in [0.5, 0.6) is 0 Å². The average Bonchev–Trinajstić information content (AvgIpc) is 2.72. The van der Waals surface area contributed by atoms with Crippen LogP contribution in [0.15, 0.2) is 53.7 Å². The van der Waals surface area contributed by atoms with Gasteiger partial charge in [-0.3, -0.25) is 9.78 Å². The van der Waals surface area contributed by atoms with Gasteiger partial charge in [0.15, 0.2) is 5.96 Å². The summed E-state index contributed by atoms with van der Waals surface area (Å²) in [6.07, 6.45) is 2.63. The molecule has 0 unspecified atom stereocenters. The minimum Gasteiger partial charge on any atom is -0.357 e. The lowest BCUT2D eigenvalue weighted by Gasteiger charge is -2.12. The summed E-state index contributed by atoms with van der Waals surface area (Å²) in [5, 5.41) is 9.52. The highest BCUT2D eigenvalue weighted by atomic mass is 16.1. The number of aromatic nitrogens is 1. The molecule has 0 spiro atoms. The van der Waals surface area contributed by atoms with Gasteiger partial charge in [0.2, 0.25) is 0 Å². The van der Waals surface area contributed by atoms with Crippen molar-refractivity contribution < 1.29 is 4.79 Å². The molecule has 2 rings (SSSR count). The van der Waals surface area contributed by atoms with Crippen LogP contribution >= 0.6 is 0 Å². The average molecular weight is 397 g/mol. The molecule has 0 saturated carbocycles. The number of benzene rings is 1. The van der Waals surface area contributed by atoms with Gasteiger partial charge < -0.3 is 20.9 Å². The molecule has 0 atom stereocenters. The normalized spacial score (nSPS) is 11.4. The number of hydrogen-bond donors (Lipinski definition) is 3. The molecule has 1 heterocycles. The first-order valence-corrected chi connectivity index (χ1v) is 10.0. The molecule has 7 heteroatoms. The van der Waals surface area contributed by atoms with Crippen molar-refractivity contribution in [3.63, 3.8) is 0 Å². The standard InChI is InChI=1S/C22H32N6O/c1-4-23-22(26-13-11-20-10-5-6-12-24-20)27-17-18-8-7-9-19(16-18)21(29)25-14-15-28(2)3/h5-10,12,16H,4,11,13-15,17H2,1-3H3,(H,25,29)(H2,23,26,27). The van der Waals surface area contributed by atoms with Crippen molar-refractivity contribution >= 4 is 11.9 Å². The second-order valence-electron chi connectivity index (χ2n) is 6.95. The number of aliphatic imine (C=N–C) groups is 1. The largest absolute Gasteiger partial charge is 0.357 e. The van der Waals surface area contributed by atoms with E-state index in [2.05, 4.69) is 25.9 Å². The fourth-order valence-electron chi connectivity index (χ4n) is 2.67. The highest BCUT2D eigenvalue weighted by Crippen LogP contribution is 2.07. The Morgan fingerprint density at radius 2 is 1.93 bits per heavy atom. The maximum atomic E-state index is 12.3. The van der Waals surface area contributed by atoms with Crippen molar-refractivity contribution in [1.29, 1.82) is 0 Å². The Hall–Kier alpha value is -2.93. The van der Waals surface area contributed by atoms with Gasteiger partial charge in [-0.05, 0) is 50.8 Å². The van der Waals surface area contributed by atoms with Crippen LogP contribution in [0, 0.1) is 0 Å². The summed E-state index contributed by atoms with van der Waals surface area (Å²) in [6.45, 7) is 5.50. The van der Waals surface area contributed by atoms with Crippen LogP contribution in [0.25, 0.3) is 0 Å². The molecule has 29 heavy (non-hydrogen) atoms. The minimum absolute atomic E-state index is 0.0573. The lowest BCUT2D eigenvalue weighted by atomic mass is 10.1. The third kappa shape index (κ3) is 8.74. The van der Waals surface area contributed by atoms with E-state index in [1.165, 1.54) is 0 Å². The van der Waals surface area contributed by atoms with E-state index in [9.17, 15) is 4.79 Å². The van der Waals surface area contributed by atoms with Crippen molar-refractivity contribution in [2.45, 2.75) is 19.9 Å². The van der Waals surface area contributed by atoms with E-state index in [0.717, 1.165) is 43.3 Å². The molecule has 1 aromatic carbocycles. The SMILES string of the molecule is CCNC(=NCc1cccc(C(=O)NCCN(C)C)c1)NCCc1ccccn1. The molecular weight excluding hydrogens is 364 g/mol. The molecule has 7 nitrogen and oxygen atoms in total. The van der Waals surface area contributed by atoms with Gasteiger partial charge in [0.25, 0.3) is 5.91 Å². The Morgan fingerprint density at radius 1 is 1.07 bits per heavy atom. The first-order valence-electron chi connectivity index (χ1n) is 10.0. The first-order chi connectivity index (χ1) is 14.1. The number of carbonyl (C=O) groups excluding carboxylic acids is 1. The fourth-order valence-corrected chi connectivity index (χ4v) is 2.67. The number of carbonyl (C=O) groups is 1. The van der Waals surface area contributed by atoms with Crippen LogP contribution in [0.1, 0.15) is 28.5 Å². The number of rotatable bonds is 10. The van der Waals surface area contributed by atoms with Crippen molar-refractivity contribution in [2.24, 2.45) is 4.99 Å². The summed E-state index contributed by atoms with van der Waals surface area (Å²) in [7, 11) is 3.97. The van der Waals surface area contributed by atoms with Crippen LogP contribution in [-0.4, -0.2) is 62.0 Å². The molecule has 0 saturated heterocycles. The number of likely N-dealkylation sites (N-methyl/N-ethyl adjacent to an activating group) is 1. The highest BCUT2D eigenvalue weighted by molar-refractivity contribution is 5.94. The van der Waals surface area contributed by atoms with E-state index in [0.29, 0.717) is 18.7 Å². The van der Waals surface area contributed by atoms with Crippen molar-refractivity contribution in [3.8, 4) is 0 Å². The number of guanidine groups is 1. The first kappa shape index (κ1) is 22.4. The van der Waals surface area contributed by atoms with Crippen LogP contribution in [0.2, 0.25) is 0 Å². The Kier molecular flexibility index (Phi) is 9.65. The summed E-state index contributed by atoms with van der Waals surface area (Å²) in [5.41, 5.74) is 2.69. The van der Waals surface area contributed by atoms with E-state index in [1.807, 2.05) is 68.4 Å². The monoisotopic (exact) mass is 396 g/mol. The Morgan fingerprint density at radius 3 is 2.66 bits per heavy atom. The van der Waals surface area contributed by atoms with Gasteiger partial charge >= 0.3 is 0 Å². The second-order valence-corrected chi connectivity index (χ2v) is 6.95. The summed E-state index contributed by atoms with van der Waals surface area (Å²) in [5.74, 6) is 0.697. The molecule has 0 bridgehead atoms. The summed E-state index contributed by atoms with van der Waals surface area (Å²) in [4.78, 5) is 23.3. The number of nitrogens with one attached hydrogen (secondary N) is 3. The molecule has 3 N–H and O–H groups in total. The summed E-state index contributed by atoms with van der Waals surface area (Å²) in [6, 6.07) is 13.5. The van der Waals surface area contributed by atoms with Gasteiger partial charge in [-0.15, -0.1) is 0 Å². The lowest BCUT2D eigenvalue weighted by Crippen LogP contribution is -2.38. The number of pyridine rings is 1. The smallest absolute Gasteiger partial charge is 0.251 e. The van der Waals surface area contributed by atoms with Crippen molar-refractivity contribution in [3.05, 3.63) is 65.5 Å².